The number of aryl methyl sites for hydroxylation is 2. The molecule has 142 valence electrons. The van der Waals surface area contributed by atoms with Gasteiger partial charge in [-0.25, -0.2) is 4.79 Å². The van der Waals surface area contributed by atoms with Crippen LogP contribution in [0.25, 0.3) is 0 Å². The number of nitrogens with zero attached hydrogens (tertiary/aromatic N) is 1. The number of carbonyl (C=O) groups is 3. The van der Waals surface area contributed by atoms with E-state index in [2.05, 4.69) is 5.32 Å². The molecule has 3 rings (SSSR count). The Balaban J connectivity index is 1.55. The molecule has 0 bridgehead atoms. The van der Waals surface area contributed by atoms with Crippen LogP contribution in [-0.2, 0) is 14.3 Å². The highest BCUT2D eigenvalue weighted by molar-refractivity contribution is 7.12. The van der Waals surface area contributed by atoms with Crippen LogP contribution in [-0.4, -0.2) is 41.9 Å². The average molecular weight is 386 g/mol. The predicted molar refractivity (Wildman–Crippen MR) is 104 cm³/mol. The van der Waals surface area contributed by atoms with E-state index in [0.717, 1.165) is 17.5 Å². The molecule has 1 atom stereocenters. The van der Waals surface area contributed by atoms with Crippen LogP contribution in [0.1, 0.15) is 33.6 Å². The summed E-state index contributed by atoms with van der Waals surface area (Å²) in [6.07, 6.45) is 1.29. The van der Waals surface area contributed by atoms with Crippen molar-refractivity contribution in [2.45, 2.75) is 32.7 Å². The monoisotopic (exact) mass is 386 g/mol. The molecule has 0 saturated carbocycles. The molecule has 0 aliphatic carbocycles. The summed E-state index contributed by atoms with van der Waals surface area (Å²) in [7, 11) is 0. The molecule has 0 spiro atoms. The summed E-state index contributed by atoms with van der Waals surface area (Å²) < 4.78 is 5.18. The van der Waals surface area contributed by atoms with Crippen LogP contribution in [0, 0.1) is 13.8 Å². The first-order valence-corrected chi connectivity index (χ1v) is 9.72. The second-order valence-electron chi connectivity index (χ2n) is 6.61. The van der Waals surface area contributed by atoms with Gasteiger partial charge in [0, 0.05) is 12.2 Å². The van der Waals surface area contributed by atoms with Gasteiger partial charge in [-0.05, 0) is 49.8 Å². The quantitative estimate of drug-likeness (QED) is 0.801. The molecule has 1 aliphatic heterocycles. The van der Waals surface area contributed by atoms with Gasteiger partial charge >= 0.3 is 5.97 Å². The molecule has 1 N–H and O–H groups in total. The summed E-state index contributed by atoms with van der Waals surface area (Å²) in [4.78, 5) is 39.2. The summed E-state index contributed by atoms with van der Waals surface area (Å²) in [6.45, 7) is 4.03. The minimum absolute atomic E-state index is 0.163. The van der Waals surface area contributed by atoms with E-state index in [-0.39, 0.29) is 12.5 Å². The maximum Gasteiger partial charge on any atom is 0.329 e. The lowest BCUT2D eigenvalue weighted by Gasteiger charge is -2.22. The highest BCUT2D eigenvalue weighted by atomic mass is 32.1. The fourth-order valence-corrected chi connectivity index (χ4v) is 3.85. The molecule has 27 heavy (non-hydrogen) atoms. The summed E-state index contributed by atoms with van der Waals surface area (Å²) >= 11 is 1.35. The third-order valence-electron chi connectivity index (χ3n) is 4.52. The highest BCUT2D eigenvalue weighted by Crippen LogP contribution is 2.23. The second kappa shape index (κ2) is 8.35. The number of hydrogen-bond donors (Lipinski definition) is 1. The van der Waals surface area contributed by atoms with Gasteiger partial charge in [0.15, 0.2) is 6.61 Å². The summed E-state index contributed by atoms with van der Waals surface area (Å²) in [5.41, 5.74) is 2.74. The zero-order valence-corrected chi connectivity index (χ0v) is 16.2. The number of likely N-dealkylation sites (tertiary alicyclic amines) is 1. The zero-order valence-electron chi connectivity index (χ0n) is 15.4. The van der Waals surface area contributed by atoms with Crippen molar-refractivity contribution in [2.24, 2.45) is 0 Å². The largest absolute Gasteiger partial charge is 0.454 e. The molecule has 0 radical (unpaired) electrons. The number of benzene rings is 1. The molecule has 2 aromatic rings. The standard InChI is InChI=1S/C20H22N2O4S/c1-13-7-8-15(14(2)11-13)21-18(23)12-26-20(25)16-5-3-9-22(16)19(24)17-6-4-10-27-17/h4,6-8,10-11,16H,3,5,9,12H2,1-2H3,(H,21,23). The summed E-state index contributed by atoms with van der Waals surface area (Å²) in [5, 5.41) is 4.57. The van der Waals surface area contributed by atoms with E-state index < -0.39 is 17.9 Å². The topological polar surface area (TPSA) is 75.7 Å². The Morgan fingerprint density at radius 1 is 1.26 bits per heavy atom. The lowest BCUT2D eigenvalue weighted by molar-refractivity contribution is -0.151. The van der Waals surface area contributed by atoms with E-state index in [1.807, 2.05) is 37.4 Å². The Labute approximate surface area is 162 Å². The van der Waals surface area contributed by atoms with E-state index in [1.54, 1.807) is 12.1 Å². The Kier molecular flexibility index (Phi) is 5.91. The third kappa shape index (κ3) is 4.54. The number of anilines is 1. The Morgan fingerprint density at radius 2 is 2.07 bits per heavy atom. The molecule has 1 aromatic heterocycles. The van der Waals surface area contributed by atoms with E-state index in [4.69, 9.17) is 4.74 Å². The van der Waals surface area contributed by atoms with Crippen LogP contribution in [0.4, 0.5) is 5.69 Å². The Bertz CT molecular complexity index is 848. The minimum Gasteiger partial charge on any atom is -0.454 e. The number of thiophene rings is 1. The lowest BCUT2D eigenvalue weighted by Crippen LogP contribution is -2.41. The first kappa shape index (κ1) is 19.1. The molecule has 1 fully saturated rings. The average Bonchev–Trinajstić information content (AvgIpc) is 3.33. The van der Waals surface area contributed by atoms with E-state index in [0.29, 0.717) is 23.5 Å². The highest BCUT2D eigenvalue weighted by Gasteiger charge is 2.36. The van der Waals surface area contributed by atoms with Gasteiger partial charge in [-0.15, -0.1) is 11.3 Å². The number of carbonyl (C=O) groups excluding carboxylic acids is 3. The van der Waals surface area contributed by atoms with Gasteiger partial charge in [0.25, 0.3) is 11.8 Å². The first-order chi connectivity index (χ1) is 13.0. The molecule has 7 heteroatoms. The van der Waals surface area contributed by atoms with Crippen molar-refractivity contribution in [3.8, 4) is 0 Å². The van der Waals surface area contributed by atoms with Crippen LogP contribution in [0.5, 0.6) is 0 Å². The van der Waals surface area contributed by atoms with E-state index >= 15 is 0 Å². The van der Waals surface area contributed by atoms with Crippen molar-refractivity contribution in [3.63, 3.8) is 0 Å². The maximum absolute atomic E-state index is 12.5. The van der Waals surface area contributed by atoms with Crippen molar-refractivity contribution in [2.75, 3.05) is 18.5 Å². The molecular weight excluding hydrogens is 364 g/mol. The summed E-state index contributed by atoms with van der Waals surface area (Å²) in [5.74, 6) is -1.10. The third-order valence-corrected chi connectivity index (χ3v) is 5.38. The molecule has 1 aromatic carbocycles. The van der Waals surface area contributed by atoms with Gasteiger partial charge in [0.05, 0.1) is 4.88 Å². The van der Waals surface area contributed by atoms with Gasteiger partial charge in [-0.2, -0.15) is 0 Å². The second-order valence-corrected chi connectivity index (χ2v) is 7.56. The van der Waals surface area contributed by atoms with Crippen LogP contribution in [0.2, 0.25) is 0 Å². The smallest absolute Gasteiger partial charge is 0.329 e. The fourth-order valence-electron chi connectivity index (χ4n) is 3.17. The van der Waals surface area contributed by atoms with Gasteiger partial charge in [-0.3, -0.25) is 9.59 Å². The Hall–Kier alpha value is -2.67. The molecule has 2 heterocycles. The van der Waals surface area contributed by atoms with E-state index in [1.165, 1.54) is 16.2 Å². The number of ether oxygens (including phenoxy) is 1. The molecular formula is C20H22N2O4S. The number of esters is 1. The molecule has 6 nitrogen and oxygen atoms in total. The predicted octanol–water partition coefficient (Wildman–Crippen LogP) is 3.15. The van der Waals surface area contributed by atoms with Crippen LogP contribution < -0.4 is 5.32 Å². The molecule has 2 amide bonds. The Morgan fingerprint density at radius 3 is 2.78 bits per heavy atom. The van der Waals surface area contributed by atoms with Crippen molar-refractivity contribution in [1.82, 2.24) is 4.90 Å². The number of nitrogens with one attached hydrogen (secondary N) is 1. The van der Waals surface area contributed by atoms with Crippen LogP contribution in [0.3, 0.4) is 0 Å². The van der Waals surface area contributed by atoms with Crippen molar-refractivity contribution < 1.29 is 19.1 Å². The SMILES string of the molecule is Cc1ccc(NC(=O)COC(=O)C2CCCN2C(=O)c2cccs2)c(C)c1. The van der Waals surface area contributed by atoms with Crippen molar-refractivity contribution >= 4 is 34.8 Å². The number of amides is 2. The van der Waals surface area contributed by atoms with Gasteiger partial charge in [-0.1, -0.05) is 23.8 Å². The molecule has 1 unspecified atom stereocenters. The van der Waals surface area contributed by atoms with Gasteiger partial charge in [0.1, 0.15) is 6.04 Å². The fraction of sp³-hybridized carbons (Fsp3) is 0.350. The number of rotatable bonds is 5. The zero-order chi connectivity index (χ0) is 19.4. The minimum atomic E-state index is -0.631. The van der Waals surface area contributed by atoms with Crippen molar-refractivity contribution in [1.29, 1.82) is 0 Å². The van der Waals surface area contributed by atoms with Gasteiger partial charge < -0.3 is 15.0 Å². The van der Waals surface area contributed by atoms with Gasteiger partial charge in [0.2, 0.25) is 0 Å². The van der Waals surface area contributed by atoms with Crippen LogP contribution >= 0.6 is 11.3 Å². The first-order valence-electron chi connectivity index (χ1n) is 8.84. The van der Waals surface area contributed by atoms with Crippen molar-refractivity contribution in [3.05, 3.63) is 51.7 Å². The van der Waals surface area contributed by atoms with Crippen LogP contribution in [0.15, 0.2) is 35.7 Å². The normalized spacial score (nSPS) is 16.2. The van der Waals surface area contributed by atoms with E-state index in [9.17, 15) is 14.4 Å². The number of hydrogen-bond acceptors (Lipinski definition) is 5. The maximum atomic E-state index is 12.5. The molecule has 1 saturated heterocycles. The molecule has 1 aliphatic rings. The lowest BCUT2D eigenvalue weighted by atomic mass is 10.1. The summed E-state index contributed by atoms with van der Waals surface area (Å²) in [6, 6.07) is 8.61.